The first-order valence-corrected chi connectivity index (χ1v) is 13.1. The molecule has 0 radical (unpaired) electrons. The number of fused-ring (bicyclic) bond motifs is 1. The van der Waals surface area contributed by atoms with Crippen LogP contribution in [-0.4, -0.2) is 20.1 Å². The molecule has 1 aliphatic heterocycles. The molecule has 0 aliphatic carbocycles. The number of benzene rings is 3. The van der Waals surface area contributed by atoms with E-state index in [-0.39, 0.29) is 6.98 Å². The van der Waals surface area contributed by atoms with Gasteiger partial charge in [0.05, 0.1) is 0 Å². The van der Waals surface area contributed by atoms with E-state index in [4.69, 9.17) is 0 Å². The number of rotatable bonds is 6. The van der Waals surface area contributed by atoms with Crippen LogP contribution < -0.4 is 29.6 Å². The Hall–Kier alpha value is -2.55. The molecule has 31 heavy (non-hydrogen) atoms. The highest BCUT2D eigenvalue weighted by Crippen LogP contribution is 2.39. The zero-order valence-electron chi connectivity index (χ0n) is 18.0. The van der Waals surface area contributed by atoms with Gasteiger partial charge in [0.15, 0.2) is 0 Å². The summed E-state index contributed by atoms with van der Waals surface area (Å²) in [5.41, 5.74) is 2.69. The van der Waals surface area contributed by atoms with Gasteiger partial charge in [-0.25, -0.2) is 0 Å². The Morgan fingerprint density at radius 2 is 1.13 bits per heavy atom. The average Bonchev–Trinajstić information content (AvgIpc) is 3.42. The van der Waals surface area contributed by atoms with Crippen molar-refractivity contribution in [3.05, 3.63) is 97.1 Å². The van der Waals surface area contributed by atoms with Gasteiger partial charge < -0.3 is 9.62 Å². The summed E-state index contributed by atoms with van der Waals surface area (Å²) < 4.78 is 2.89. The summed E-state index contributed by atoms with van der Waals surface area (Å²) in [6.07, 6.45) is 0. The number of thiophene rings is 1. The standard InChI is InChI=1S/C26H26BN2PS/c1-3-28-23-17-11-12-18-24(23)29(4-2)27(28)25-19-20-26(31-25)30(21-13-7-5-8-14-21)22-15-9-6-10-16-22/h5-20H,3-4H2,1-2H3. The van der Waals surface area contributed by atoms with E-state index in [0.717, 1.165) is 13.1 Å². The molecule has 0 spiro atoms. The molecule has 154 valence electrons. The van der Waals surface area contributed by atoms with Crippen molar-refractivity contribution in [3.8, 4) is 0 Å². The third kappa shape index (κ3) is 3.69. The van der Waals surface area contributed by atoms with Crippen molar-refractivity contribution in [2.45, 2.75) is 13.8 Å². The lowest BCUT2D eigenvalue weighted by Gasteiger charge is -2.27. The second-order valence-corrected chi connectivity index (χ2v) is 11.2. The molecule has 5 heteroatoms. The van der Waals surface area contributed by atoms with Crippen molar-refractivity contribution >= 4 is 57.6 Å². The highest BCUT2D eigenvalue weighted by molar-refractivity contribution is 7.84. The van der Waals surface area contributed by atoms with Gasteiger partial charge in [0.25, 0.3) is 0 Å². The fourth-order valence-electron chi connectivity index (χ4n) is 4.53. The maximum atomic E-state index is 2.54. The second kappa shape index (κ2) is 8.90. The number of hydrogen-bond acceptors (Lipinski definition) is 3. The Kier molecular flexibility index (Phi) is 5.85. The van der Waals surface area contributed by atoms with Crippen molar-refractivity contribution in [2.75, 3.05) is 22.7 Å². The minimum atomic E-state index is -0.554. The summed E-state index contributed by atoms with van der Waals surface area (Å²) in [4.78, 5) is 5.09. The molecule has 0 unspecified atom stereocenters. The molecule has 0 amide bonds. The first kappa shape index (κ1) is 20.4. The van der Waals surface area contributed by atoms with E-state index in [1.807, 2.05) is 11.3 Å². The predicted octanol–water partition coefficient (Wildman–Crippen LogP) is 4.57. The smallest absolute Gasteiger partial charge is 0.390 e. The van der Waals surface area contributed by atoms with E-state index in [2.05, 4.69) is 121 Å². The Balaban J connectivity index is 1.57. The largest absolute Gasteiger partial charge is 0.421 e. The van der Waals surface area contributed by atoms with Gasteiger partial charge in [-0.3, -0.25) is 0 Å². The van der Waals surface area contributed by atoms with Crippen LogP contribution in [0.2, 0.25) is 0 Å². The summed E-state index contributed by atoms with van der Waals surface area (Å²) in [5.74, 6) is 0. The zero-order valence-corrected chi connectivity index (χ0v) is 19.7. The molecule has 2 nitrogen and oxygen atoms in total. The molecule has 2 heterocycles. The SMILES string of the molecule is CCN1B(c2ccc(P(c3ccccc3)c3ccccc3)s2)N(CC)c2ccccc21. The maximum Gasteiger partial charge on any atom is 0.421 e. The Labute approximate surface area is 191 Å². The van der Waals surface area contributed by atoms with Crippen LogP contribution in [0.1, 0.15) is 13.8 Å². The average molecular weight is 440 g/mol. The predicted molar refractivity (Wildman–Crippen MR) is 141 cm³/mol. The molecule has 5 rings (SSSR count). The van der Waals surface area contributed by atoms with Crippen LogP contribution in [0.5, 0.6) is 0 Å². The van der Waals surface area contributed by atoms with Gasteiger partial charge in [-0.2, -0.15) is 0 Å². The van der Waals surface area contributed by atoms with E-state index in [9.17, 15) is 0 Å². The van der Waals surface area contributed by atoms with Gasteiger partial charge in [-0.1, -0.05) is 78.9 Å². The van der Waals surface area contributed by atoms with Crippen LogP contribution in [-0.2, 0) is 0 Å². The summed E-state index contributed by atoms with van der Waals surface area (Å²) in [5, 5.41) is 2.82. The molecular formula is C26H26BN2PS. The van der Waals surface area contributed by atoms with Crippen molar-refractivity contribution in [2.24, 2.45) is 0 Å². The fourth-order valence-corrected chi connectivity index (χ4v) is 8.69. The zero-order chi connectivity index (χ0) is 21.2. The number of para-hydroxylation sites is 2. The molecular weight excluding hydrogens is 414 g/mol. The van der Waals surface area contributed by atoms with E-state index in [0.29, 0.717) is 0 Å². The monoisotopic (exact) mass is 440 g/mol. The first-order valence-electron chi connectivity index (χ1n) is 10.9. The molecule has 0 atom stereocenters. The second-order valence-electron chi connectivity index (χ2n) is 7.62. The van der Waals surface area contributed by atoms with Crippen molar-refractivity contribution in [1.29, 1.82) is 0 Å². The van der Waals surface area contributed by atoms with Gasteiger partial charge in [0.2, 0.25) is 0 Å². The molecule has 0 bridgehead atoms. The molecule has 1 aromatic heterocycles. The third-order valence-corrected chi connectivity index (χ3v) is 9.86. The number of nitrogens with zero attached hydrogens (tertiary/aromatic N) is 2. The van der Waals surface area contributed by atoms with Crippen LogP contribution >= 0.6 is 19.3 Å². The highest BCUT2D eigenvalue weighted by Gasteiger charge is 2.41. The number of anilines is 2. The quantitative estimate of drug-likeness (QED) is 0.320. The van der Waals surface area contributed by atoms with E-state index >= 15 is 0 Å². The summed E-state index contributed by atoms with van der Waals surface area (Å²) >= 11 is 1.98. The summed E-state index contributed by atoms with van der Waals surface area (Å²) in [6, 6.07) is 35.5. The Morgan fingerprint density at radius 1 is 0.645 bits per heavy atom. The number of hydrogen-bond donors (Lipinski definition) is 0. The summed E-state index contributed by atoms with van der Waals surface area (Å²) in [7, 11) is -0.554. The van der Waals surface area contributed by atoms with Crippen molar-refractivity contribution < 1.29 is 0 Å². The van der Waals surface area contributed by atoms with Gasteiger partial charge in [0.1, 0.15) is 0 Å². The lowest BCUT2D eigenvalue weighted by atomic mass is 9.71. The molecule has 0 N–H and O–H groups in total. The Bertz CT molecular complexity index is 1080. The van der Waals surface area contributed by atoms with E-state index < -0.39 is 7.92 Å². The van der Waals surface area contributed by atoms with E-state index in [1.54, 1.807) is 0 Å². The molecule has 3 aromatic carbocycles. The normalized spacial score (nSPS) is 13.2. The molecule has 0 fully saturated rings. The van der Waals surface area contributed by atoms with Gasteiger partial charge >= 0.3 is 6.98 Å². The van der Waals surface area contributed by atoms with Gasteiger partial charge in [-0.05, 0) is 50.6 Å². The minimum absolute atomic E-state index is 0.273. The van der Waals surface area contributed by atoms with Crippen LogP contribution in [0.3, 0.4) is 0 Å². The topological polar surface area (TPSA) is 6.48 Å². The maximum absolute atomic E-state index is 2.54. The minimum Gasteiger partial charge on any atom is -0.390 e. The molecule has 0 saturated heterocycles. The molecule has 4 aromatic rings. The van der Waals surface area contributed by atoms with Crippen molar-refractivity contribution in [3.63, 3.8) is 0 Å². The van der Waals surface area contributed by atoms with Crippen LogP contribution in [0, 0.1) is 0 Å². The van der Waals surface area contributed by atoms with Gasteiger partial charge in [-0.15, -0.1) is 11.3 Å². The summed E-state index contributed by atoms with van der Waals surface area (Å²) in [6.45, 7) is 6.79. The highest BCUT2D eigenvalue weighted by atomic mass is 32.1. The third-order valence-electron chi connectivity index (χ3n) is 5.89. The van der Waals surface area contributed by atoms with Gasteiger partial charge in [0, 0.05) is 33.9 Å². The van der Waals surface area contributed by atoms with Crippen molar-refractivity contribution in [1.82, 2.24) is 0 Å². The van der Waals surface area contributed by atoms with Crippen LogP contribution in [0.4, 0.5) is 11.4 Å². The molecule has 1 aliphatic rings. The lowest BCUT2D eigenvalue weighted by molar-refractivity contribution is 1.06. The fraction of sp³-hybridized carbons (Fsp3) is 0.154. The lowest BCUT2D eigenvalue weighted by Crippen LogP contribution is -2.55. The molecule has 0 saturated carbocycles. The van der Waals surface area contributed by atoms with E-state index in [1.165, 1.54) is 31.4 Å². The van der Waals surface area contributed by atoms with Crippen LogP contribution in [0.15, 0.2) is 97.1 Å². The Morgan fingerprint density at radius 3 is 1.61 bits per heavy atom. The van der Waals surface area contributed by atoms with Crippen LogP contribution in [0.25, 0.3) is 0 Å². The first-order chi connectivity index (χ1) is 15.3.